The fourth-order valence-electron chi connectivity index (χ4n) is 3.33. The molecule has 0 bridgehead atoms. The van der Waals surface area contributed by atoms with Gasteiger partial charge >= 0.3 is 11.9 Å². The standard InChI is InChI=1S/C23H23F2NO4S/c24-23(25,18-6-2-1-3-7-18)20(27)13-12-19-15-31-22(30)26(19)14-4-5-16-8-10-17(11-9-16)21(28)29/h1-3,6-13,19-20,27H,4-5,14-15H2,(H,28,29). The molecule has 0 aromatic heterocycles. The van der Waals surface area contributed by atoms with Gasteiger partial charge in [0.15, 0.2) is 0 Å². The van der Waals surface area contributed by atoms with Crippen molar-refractivity contribution in [3.8, 4) is 0 Å². The van der Waals surface area contributed by atoms with Crippen LogP contribution in [-0.2, 0) is 12.3 Å². The molecule has 1 fully saturated rings. The normalized spacial score (nSPS) is 18.0. The Morgan fingerprint density at radius 1 is 1.19 bits per heavy atom. The van der Waals surface area contributed by atoms with E-state index in [4.69, 9.17) is 5.11 Å². The van der Waals surface area contributed by atoms with Crippen LogP contribution in [0, 0.1) is 0 Å². The van der Waals surface area contributed by atoms with E-state index in [1.807, 2.05) is 0 Å². The van der Waals surface area contributed by atoms with Gasteiger partial charge in [0, 0.05) is 17.9 Å². The highest BCUT2D eigenvalue weighted by atomic mass is 32.2. The fourth-order valence-corrected chi connectivity index (χ4v) is 4.33. The second-order valence-electron chi connectivity index (χ2n) is 7.26. The molecule has 0 radical (unpaired) electrons. The lowest BCUT2D eigenvalue weighted by Gasteiger charge is -2.23. The molecule has 5 nitrogen and oxygen atoms in total. The van der Waals surface area contributed by atoms with Gasteiger partial charge in [-0.2, -0.15) is 8.78 Å². The molecular weight excluding hydrogens is 424 g/mol. The Hall–Kier alpha value is -2.71. The molecule has 1 amide bonds. The summed E-state index contributed by atoms with van der Waals surface area (Å²) in [5.41, 5.74) is 0.898. The van der Waals surface area contributed by atoms with Gasteiger partial charge in [0.25, 0.3) is 5.24 Å². The van der Waals surface area contributed by atoms with Crippen LogP contribution in [0.25, 0.3) is 0 Å². The number of aliphatic hydroxyl groups is 1. The van der Waals surface area contributed by atoms with Gasteiger partial charge in [-0.3, -0.25) is 4.79 Å². The van der Waals surface area contributed by atoms with Gasteiger partial charge in [-0.05, 0) is 30.5 Å². The van der Waals surface area contributed by atoms with Crippen LogP contribution in [0.1, 0.15) is 27.9 Å². The summed E-state index contributed by atoms with van der Waals surface area (Å²) in [6, 6.07) is 13.3. The highest BCUT2D eigenvalue weighted by Crippen LogP contribution is 2.33. The average molecular weight is 448 g/mol. The van der Waals surface area contributed by atoms with Gasteiger partial charge in [0.2, 0.25) is 0 Å². The number of alkyl halides is 2. The van der Waals surface area contributed by atoms with E-state index >= 15 is 0 Å². The van der Waals surface area contributed by atoms with E-state index in [1.54, 1.807) is 23.1 Å². The number of nitrogens with zero attached hydrogens (tertiary/aromatic N) is 1. The molecule has 2 aromatic carbocycles. The molecule has 1 heterocycles. The number of amides is 1. The minimum Gasteiger partial charge on any atom is -0.478 e. The first-order chi connectivity index (χ1) is 14.8. The molecule has 3 rings (SSSR count). The molecule has 0 spiro atoms. The largest absolute Gasteiger partial charge is 0.478 e. The van der Waals surface area contributed by atoms with E-state index in [0.717, 1.165) is 23.4 Å². The van der Waals surface area contributed by atoms with Crippen LogP contribution in [0.15, 0.2) is 66.7 Å². The molecule has 0 saturated carbocycles. The van der Waals surface area contributed by atoms with Crippen molar-refractivity contribution in [1.29, 1.82) is 0 Å². The van der Waals surface area contributed by atoms with Crippen LogP contribution in [-0.4, -0.2) is 50.8 Å². The Kier molecular flexibility index (Phi) is 7.46. The Balaban J connectivity index is 1.57. The summed E-state index contributed by atoms with van der Waals surface area (Å²) in [5, 5.41) is 18.9. The zero-order valence-corrected chi connectivity index (χ0v) is 17.5. The van der Waals surface area contributed by atoms with Crippen molar-refractivity contribution < 1.29 is 28.6 Å². The van der Waals surface area contributed by atoms with Crippen LogP contribution in [0.3, 0.4) is 0 Å². The number of carboxylic acid groups (broad SMARTS) is 1. The molecule has 2 N–H and O–H groups in total. The van der Waals surface area contributed by atoms with E-state index < -0.39 is 18.0 Å². The summed E-state index contributed by atoms with van der Waals surface area (Å²) < 4.78 is 28.9. The first-order valence-corrected chi connectivity index (χ1v) is 10.8. The minimum atomic E-state index is -3.43. The van der Waals surface area contributed by atoms with Gasteiger partial charge in [-0.1, -0.05) is 66.4 Å². The topological polar surface area (TPSA) is 77.8 Å². The van der Waals surface area contributed by atoms with Gasteiger partial charge in [-0.15, -0.1) is 0 Å². The van der Waals surface area contributed by atoms with Crippen LogP contribution >= 0.6 is 11.8 Å². The lowest BCUT2D eigenvalue weighted by molar-refractivity contribution is -0.0929. The Morgan fingerprint density at radius 2 is 1.87 bits per heavy atom. The summed E-state index contributed by atoms with van der Waals surface area (Å²) in [6.07, 6.45) is 1.84. The van der Waals surface area contributed by atoms with E-state index in [2.05, 4.69) is 0 Å². The molecular formula is C23H23F2NO4S. The predicted molar refractivity (Wildman–Crippen MR) is 116 cm³/mol. The Labute approximate surface area is 183 Å². The second-order valence-corrected chi connectivity index (χ2v) is 8.23. The van der Waals surface area contributed by atoms with Crippen molar-refractivity contribution in [2.45, 2.75) is 30.9 Å². The molecule has 8 heteroatoms. The number of carbonyl (C=O) groups excluding carboxylic acids is 1. The molecule has 164 valence electrons. The average Bonchev–Trinajstić information content (AvgIpc) is 3.12. The quantitative estimate of drug-likeness (QED) is 0.551. The number of hydrogen-bond donors (Lipinski definition) is 2. The number of benzene rings is 2. The third-order valence-electron chi connectivity index (χ3n) is 5.12. The highest BCUT2D eigenvalue weighted by Gasteiger charge is 2.39. The lowest BCUT2D eigenvalue weighted by atomic mass is 10.0. The second kappa shape index (κ2) is 10.1. The van der Waals surface area contributed by atoms with Crippen LogP contribution in [0.2, 0.25) is 0 Å². The summed E-state index contributed by atoms with van der Waals surface area (Å²) in [6.45, 7) is 0.437. The molecule has 2 atom stereocenters. The Bertz CT molecular complexity index is 934. The lowest BCUT2D eigenvalue weighted by Crippen LogP contribution is -2.34. The molecule has 0 aliphatic carbocycles. The maximum Gasteiger partial charge on any atom is 0.335 e. The fraction of sp³-hybridized carbons (Fsp3) is 0.304. The van der Waals surface area contributed by atoms with Crippen molar-refractivity contribution in [2.75, 3.05) is 12.3 Å². The van der Waals surface area contributed by atoms with Gasteiger partial charge in [0.1, 0.15) is 6.10 Å². The van der Waals surface area contributed by atoms with Crippen molar-refractivity contribution in [1.82, 2.24) is 4.90 Å². The maximum absolute atomic E-state index is 14.4. The number of carbonyl (C=O) groups is 2. The zero-order valence-electron chi connectivity index (χ0n) is 16.7. The number of carboxylic acids is 1. The van der Waals surface area contributed by atoms with E-state index in [-0.39, 0.29) is 22.4 Å². The molecule has 1 saturated heterocycles. The third kappa shape index (κ3) is 5.71. The van der Waals surface area contributed by atoms with E-state index in [9.17, 15) is 23.5 Å². The number of aliphatic hydroxyl groups excluding tert-OH is 1. The minimum absolute atomic E-state index is 0.125. The summed E-state index contributed by atoms with van der Waals surface area (Å²) in [5.74, 6) is -3.98. The van der Waals surface area contributed by atoms with Gasteiger partial charge in [0.05, 0.1) is 11.6 Å². The van der Waals surface area contributed by atoms with Crippen molar-refractivity contribution in [3.63, 3.8) is 0 Å². The number of aryl methyl sites for hydroxylation is 1. The number of aromatic carboxylic acids is 1. The first kappa shape index (κ1) is 23.0. The smallest absolute Gasteiger partial charge is 0.335 e. The molecule has 2 unspecified atom stereocenters. The number of hydrogen-bond acceptors (Lipinski definition) is 4. The summed E-state index contributed by atoms with van der Waals surface area (Å²) in [4.78, 5) is 24.7. The number of rotatable bonds is 9. The summed E-state index contributed by atoms with van der Waals surface area (Å²) in [7, 11) is 0. The predicted octanol–water partition coefficient (Wildman–Crippen LogP) is 4.56. The van der Waals surface area contributed by atoms with Crippen LogP contribution in [0.4, 0.5) is 13.6 Å². The van der Waals surface area contributed by atoms with Crippen LogP contribution < -0.4 is 0 Å². The Morgan fingerprint density at radius 3 is 2.52 bits per heavy atom. The third-order valence-corrected chi connectivity index (χ3v) is 6.11. The van der Waals surface area contributed by atoms with Crippen molar-refractivity contribution in [2.24, 2.45) is 0 Å². The van der Waals surface area contributed by atoms with Gasteiger partial charge in [-0.25, -0.2) is 4.79 Å². The molecule has 2 aromatic rings. The van der Waals surface area contributed by atoms with E-state index in [0.29, 0.717) is 25.1 Å². The highest BCUT2D eigenvalue weighted by molar-refractivity contribution is 8.13. The SMILES string of the molecule is O=C(O)c1ccc(CCCN2C(=O)SCC2C=CC(O)C(F)(F)c2ccccc2)cc1. The monoisotopic (exact) mass is 447 g/mol. The number of halogens is 2. The van der Waals surface area contributed by atoms with Crippen molar-refractivity contribution in [3.05, 3.63) is 83.4 Å². The summed E-state index contributed by atoms with van der Waals surface area (Å²) >= 11 is 1.12. The molecule has 31 heavy (non-hydrogen) atoms. The van der Waals surface area contributed by atoms with Crippen LogP contribution in [0.5, 0.6) is 0 Å². The molecule has 1 aliphatic heterocycles. The van der Waals surface area contributed by atoms with Gasteiger partial charge < -0.3 is 15.1 Å². The van der Waals surface area contributed by atoms with Crippen molar-refractivity contribution >= 4 is 23.0 Å². The van der Waals surface area contributed by atoms with E-state index in [1.165, 1.54) is 42.5 Å². The zero-order chi connectivity index (χ0) is 22.4. The maximum atomic E-state index is 14.4. The number of thioether (sulfide) groups is 1. The first-order valence-electron chi connectivity index (χ1n) is 9.84. The molecule has 1 aliphatic rings.